The van der Waals surface area contributed by atoms with Crippen molar-refractivity contribution in [2.75, 3.05) is 0 Å². The maximum atomic E-state index is 9.46. The summed E-state index contributed by atoms with van der Waals surface area (Å²) in [6, 6.07) is 36.7. The van der Waals surface area contributed by atoms with Crippen LogP contribution < -0.4 is 0 Å². The van der Waals surface area contributed by atoms with E-state index in [9.17, 15) is 2.74 Å². The van der Waals surface area contributed by atoms with Crippen LogP contribution in [0.1, 0.15) is 9.60 Å². The van der Waals surface area contributed by atoms with Crippen molar-refractivity contribution in [3.8, 4) is 33.4 Å². The van der Waals surface area contributed by atoms with Gasteiger partial charge < -0.3 is 4.42 Å². The predicted molar refractivity (Wildman–Crippen MR) is 183 cm³/mol. The smallest absolute Gasteiger partial charge is 0.136 e. The van der Waals surface area contributed by atoms with Gasteiger partial charge in [-0.25, -0.2) is 0 Å². The Labute approximate surface area is 259 Å². The van der Waals surface area contributed by atoms with Crippen molar-refractivity contribution < 1.29 is 14.0 Å². The van der Waals surface area contributed by atoms with E-state index in [-0.39, 0.29) is 57.7 Å². The fourth-order valence-electron chi connectivity index (χ4n) is 6.50. The quantitative estimate of drug-likeness (QED) is 0.198. The lowest BCUT2D eigenvalue weighted by Crippen LogP contribution is -1.92. The Morgan fingerprint density at radius 2 is 0.907 bits per heavy atom. The van der Waals surface area contributed by atoms with Crippen LogP contribution in [0.2, 0.25) is 0 Å². The second-order valence-corrected chi connectivity index (χ2v) is 10.7. The lowest BCUT2D eigenvalue weighted by Gasteiger charge is -2.19. The van der Waals surface area contributed by atoms with E-state index in [0.717, 1.165) is 54.6 Å². The van der Waals surface area contributed by atoms with Crippen molar-refractivity contribution >= 4 is 54.3 Å². The van der Waals surface area contributed by atoms with Gasteiger partial charge in [0.15, 0.2) is 0 Å². The van der Waals surface area contributed by atoms with E-state index in [1.807, 2.05) is 60.7 Å². The van der Waals surface area contributed by atoms with Gasteiger partial charge in [-0.15, -0.1) is 0 Å². The molecular weight excluding hydrogens is 520 g/mol. The van der Waals surface area contributed by atoms with Crippen LogP contribution in [0.25, 0.3) is 87.6 Å². The van der Waals surface area contributed by atoms with Crippen LogP contribution in [0.3, 0.4) is 0 Å². The molecule has 0 radical (unpaired) electrons. The SMILES string of the molecule is [2H]c1c([2H])c([2H])c2c(oc3c([2H])c(-c4c5ccccc5c(-c5ccc(-c6ccccc6)c6ccccc56)c5ccccc45)c([2H])c([2H])c32)c1[2H]. The maximum absolute atomic E-state index is 9.46. The Morgan fingerprint density at radius 3 is 1.60 bits per heavy atom. The van der Waals surface area contributed by atoms with Crippen LogP contribution in [0, 0.1) is 0 Å². The summed E-state index contributed by atoms with van der Waals surface area (Å²) < 4.78 is 67.4. The summed E-state index contributed by atoms with van der Waals surface area (Å²) in [6.07, 6.45) is 0. The Kier molecular flexibility index (Phi) is 3.95. The highest BCUT2D eigenvalue weighted by atomic mass is 16.3. The lowest BCUT2D eigenvalue weighted by atomic mass is 9.83. The van der Waals surface area contributed by atoms with Crippen molar-refractivity contribution in [3.63, 3.8) is 0 Å². The normalized spacial score (nSPS) is 14.0. The summed E-state index contributed by atoms with van der Waals surface area (Å²) in [5.74, 6) is 0. The molecule has 0 bridgehead atoms. The van der Waals surface area contributed by atoms with Crippen molar-refractivity contribution in [2.24, 2.45) is 0 Å². The van der Waals surface area contributed by atoms with E-state index in [1.54, 1.807) is 0 Å². The largest absolute Gasteiger partial charge is 0.456 e. The molecule has 0 amide bonds. The van der Waals surface area contributed by atoms with Crippen molar-refractivity contribution in [1.29, 1.82) is 0 Å². The average Bonchev–Trinajstić information content (AvgIpc) is 3.57. The minimum Gasteiger partial charge on any atom is -0.456 e. The van der Waals surface area contributed by atoms with Gasteiger partial charge in [0.25, 0.3) is 0 Å². The molecule has 1 heteroatoms. The minimum atomic E-state index is -0.456. The molecule has 0 aliphatic carbocycles. The Morgan fingerprint density at radius 1 is 0.372 bits per heavy atom. The first-order valence-electron chi connectivity index (χ1n) is 17.7. The fraction of sp³-hybridized carbons (Fsp3) is 0. The van der Waals surface area contributed by atoms with Crippen molar-refractivity contribution in [3.05, 3.63) is 158 Å². The molecule has 0 unspecified atom stereocenters. The highest BCUT2D eigenvalue weighted by molar-refractivity contribution is 6.24. The van der Waals surface area contributed by atoms with Gasteiger partial charge in [0.2, 0.25) is 0 Å². The number of hydrogen-bond acceptors (Lipinski definition) is 1. The van der Waals surface area contributed by atoms with E-state index in [0.29, 0.717) is 5.56 Å². The Hall–Kier alpha value is -5.66. The molecule has 9 rings (SSSR count). The molecule has 0 aliphatic rings. The molecule has 1 nitrogen and oxygen atoms in total. The summed E-state index contributed by atoms with van der Waals surface area (Å²) in [5.41, 5.74) is 5.00. The molecule has 0 aliphatic heterocycles. The number of para-hydroxylation sites is 1. The molecule has 43 heavy (non-hydrogen) atoms. The van der Waals surface area contributed by atoms with Gasteiger partial charge in [0, 0.05) is 10.8 Å². The van der Waals surface area contributed by atoms with Gasteiger partial charge in [-0.2, -0.15) is 0 Å². The summed E-state index contributed by atoms with van der Waals surface area (Å²) in [4.78, 5) is 0. The molecule has 9 aromatic rings. The third-order valence-electron chi connectivity index (χ3n) is 8.34. The third-order valence-corrected chi connectivity index (χ3v) is 8.34. The Bertz CT molecular complexity index is 2840. The zero-order valence-electron chi connectivity index (χ0n) is 29.9. The molecule has 0 N–H and O–H groups in total. The van der Waals surface area contributed by atoms with Gasteiger partial charge in [0.05, 0.1) is 9.60 Å². The first-order chi connectivity index (χ1) is 24.3. The van der Waals surface area contributed by atoms with E-state index >= 15 is 0 Å². The molecule has 0 spiro atoms. The van der Waals surface area contributed by atoms with Gasteiger partial charge >= 0.3 is 0 Å². The summed E-state index contributed by atoms with van der Waals surface area (Å²) >= 11 is 0. The highest BCUT2D eigenvalue weighted by Gasteiger charge is 2.19. The molecule has 1 heterocycles. The van der Waals surface area contributed by atoms with Crippen LogP contribution in [0.15, 0.2) is 162 Å². The van der Waals surface area contributed by atoms with Crippen LogP contribution in [0.4, 0.5) is 0 Å². The van der Waals surface area contributed by atoms with Crippen LogP contribution in [-0.4, -0.2) is 0 Å². The standard InChI is InChI=1S/C42H26O/c1-2-12-27(13-3-1)29-24-25-38(31-15-5-4-14-30(29)31)42-36-19-8-6-17-34(36)41(35-18-7-9-20-37(35)42)28-22-23-33-32-16-10-11-21-39(32)43-40(33)26-28/h1-26H/i10D,11D,16D,21D,22D,23D,26D. The lowest BCUT2D eigenvalue weighted by molar-refractivity contribution is 0.669. The molecular formula is C42H26O. The topological polar surface area (TPSA) is 13.1 Å². The minimum absolute atomic E-state index is 0.0143. The van der Waals surface area contributed by atoms with Crippen molar-refractivity contribution in [2.45, 2.75) is 0 Å². The summed E-state index contributed by atoms with van der Waals surface area (Å²) in [6.45, 7) is 0. The summed E-state index contributed by atoms with van der Waals surface area (Å²) in [7, 11) is 0. The van der Waals surface area contributed by atoms with Gasteiger partial charge in [0.1, 0.15) is 11.2 Å². The van der Waals surface area contributed by atoms with Crippen LogP contribution >= 0.6 is 0 Å². The van der Waals surface area contributed by atoms with Gasteiger partial charge in [-0.05, 0) is 83.8 Å². The molecule has 0 fully saturated rings. The third kappa shape index (κ3) is 3.65. The first-order valence-corrected chi connectivity index (χ1v) is 14.2. The second kappa shape index (κ2) is 9.44. The predicted octanol–water partition coefficient (Wildman–Crippen LogP) is 12.0. The Balaban J connectivity index is 1.41. The molecule has 1 aromatic heterocycles. The van der Waals surface area contributed by atoms with E-state index in [2.05, 4.69) is 54.6 Å². The molecule has 0 saturated heterocycles. The monoisotopic (exact) mass is 553 g/mol. The second-order valence-electron chi connectivity index (χ2n) is 10.7. The summed E-state index contributed by atoms with van der Waals surface area (Å²) in [5, 5.41) is 5.73. The molecule has 200 valence electrons. The number of hydrogen-bond donors (Lipinski definition) is 0. The highest BCUT2D eigenvalue weighted by Crippen LogP contribution is 2.47. The number of benzene rings is 8. The van der Waals surface area contributed by atoms with Crippen LogP contribution in [-0.2, 0) is 0 Å². The molecule has 0 saturated carbocycles. The van der Waals surface area contributed by atoms with E-state index in [4.69, 9.17) is 11.3 Å². The first kappa shape index (κ1) is 18.0. The fourth-order valence-corrected chi connectivity index (χ4v) is 6.50. The maximum Gasteiger partial charge on any atom is 0.136 e. The zero-order chi connectivity index (χ0) is 34.4. The molecule has 0 atom stereocenters. The average molecular weight is 554 g/mol. The van der Waals surface area contributed by atoms with Crippen LogP contribution in [0.5, 0.6) is 0 Å². The van der Waals surface area contributed by atoms with E-state index in [1.165, 1.54) is 0 Å². The number of rotatable bonds is 3. The number of furan rings is 1. The van der Waals surface area contributed by atoms with Crippen molar-refractivity contribution in [1.82, 2.24) is 0 Å². The van der Waals surface area contributed by atoms with Gasteiger partial charge in [-0.1, -0.05) is 139 Å². The zero-order valence-corrected chi connectivity index (χ0v) is 22.9. The molecule has 8 aromatic carbocycles. The van der Waals surface area contributed by atoms with E-state index < -0.39 is 12.1 Å². The number of fused-ring (bicyclic) bond motifs is 6. The van der Waals surface area contributed by atoms with Gasteiger partial charge in [-0.3, -0.25) is 0 Å².